The van der Waals surface area contributed by atoms with Crippen molar-refractivity contribution in [1.82, 2.24) is 14.9 Å². The number of hydrogen-bond donors (Lipinski definition) is 1. The number of nitrogens with one attached hydrogen (secondary N) is 1. The molecule has 0 saturated heterocycles. The van der Waals surface area contributed by atoms with Crippen molar-refractivity contribution in [1.29, 1.82) is 0 Å². The van der Waals surface area contributed by atoms with Gasteiger partial charge in [0.15, 0.2) is 0 Å². The summed E-state index contributed by atoms with van der Waals surface area (Å²) in [6, 6.07) is 7.96. The molecule has 1 atom stereocenters. The van der Waals surface area contributed by atoms with Crippen molar-refractivity contribution in [2.24, 2.45) is 7.05 Å². The van der Waals surface area contributed by atoms with E-state index < -0.39 is 0 Å². The van der Waals surface area contributed by atoms with E-state index in [-0.39, 0.29) is 18.6 Å². The Bertz CT molecular complexity index is 577. The zero-order chi connectivity index (χ0) is 13.8. The molecular weight excluding hydrogens is 242 g/mol. The maximum absolute atomic E-state index is 11.3. The molecule has 102 valence electrons. The summed E-state index contributed by atoms with van der Waals surface area (Å²) in [5.74, 6) is 0.665. The number of benzene rings is 1. The lowest BCUT2D eigenvalue weighted by atomic mass is 10.3. The van der Waals surface area contributed by atoms with Crippen molar-refractivity contribution in [2.75, 3.05) is 13.2 Å². The summed E-state index contributed by atoms with van der Waals surface area (Å²) in [6.07, 6.45) is 0. The van der Waals surface area contributed by atoms with E-state index in [9.17, 15) is 4.79 Å². The zero-order valence-electron chi connectivity index (χ0n) is 11.5. The first-order valence-electron chi connectivity index (χ1n) is 6.43. The van der Waals surface area contributed by atoms with Gasteiger partial charge in [-0.3, -0.25) is 10.1 Å². The van der Waals surface area contributed by atoms with Gasteiger partial charge >= 0.3 is 5.97 Å². The van der Waals surface area contributed by atoms with E-state index in [1.807, 2.05) is 42.8 Å². The maximum Gasteiger partial charge on any atom is 0.319 e. The van der Waals surface area contributed by atoms with Gasteiger partial charge in [0, 0.05) is 7.05 Å². The molecule has 0 amide bonds. The van der Waals surface area contributed by atoms with Crippen LogP contribution in [0.4, 0.5) is 0 Å². The summed E-state index contributed by atoms with van der Waals surface area (Å²) in [6.45, 7) is 4.38. The SMILES string of the molecule is CCOC(=O)CNC(C)c1nc2ccccc2n1C. The first kappa shape index (κ1) is 13.5. The van der Waals surface area contributed by atoms with Gasteiger partial charge in [-0.05, 0) is 26.0 Å². The Hall–Kier alpha value is -1.88. The minimum absolute atomic E-state index is 0.0122. The quantitative estimate of drug-likeness (QED) is 0.834. The van der Waals surface area contributed by atoms with Crippen LogP contribution in [-0.4, -0.2) is 28.7 Å². The number of carbonyl (C=O) groups excluding carboxylic acids is 1. The summed E-state index contributed by atoms with van der Waals surface area (Å²) >= 11 is 0. The van der Waals surface area contributed by atoms with Crippen LogP contribution < -0.4 is 5.32 Å². The number of ether oxygens (including phenoxy) is 1. The Morgan fingerprint density at radius 1 is 1.47 bits per heavy atom. The van der Waals surface area contributed by atoms with Crippen LogP contribution in [0.5, 0.6) is 0 Å². The molecule has 2 aromatic rings. The minimum Gasteiger partial charge on any atom is -0.465 e. The van der Waals surface area contributed by atoms with Crippen LogP contribution in [-0.2, 0) is 16.6 Å². The van der Waals surface area contributed by atoms with Crippen molar-refractivity contribution in [2.45, 2.75) is 19.9 Å². The van der Waals surface area contributed by atoms with Gasteiger partial charge in [0.1, 0.15) is 5.82 Å². The van der Waals surface area contributed by atoms with Crippen LogP contribution in [0.3, 0.4) is 0 Å². The summed E-state index contributed by atoms with van der Waals surface area (Å²) < 4.78 is 6.93. The van der Waals surface area contributed by atoms with Crippen LogP contribution in [0.1, 0.15) is 25.7 Å². The normalized spacial score (nSPS) is 12.6. The molecule has 0 saturated carbocycles. The minimum atomic E-state index is -0.242. The standard InChI is InChI=1S/C14H19N3O2/c1-4-19-13(18)9-15-10(2)14-16-11-7-5-6-8-12(11)17(14)3/h5-8,10,15H,4,9H2,1-3H3. The number of fused-ring (bicyclic) bond motifs is 1. The molecule has 1 N–H and O–H groups in total. The Morgan fingerprint density at radius 3 is 2.89 bits per heavy atom. The molecule has 0 fully saturated rings. The molecule has 1 aromatic heterocycles. The fourth-order valence-corrected chi connectivity index (χ4v) is 2.09. The molecule has 0 aliphatic carbocycles. The van der Waals surface area contributed by atoms with E-state index >= 15 is 0 Å². The topological polar surface area (TPSA) is 56.1 Å². The highest BCUT2D eigenvalue weighted by Gasteiger charge is 2.15. The molecule has 0 radical (unpaired) electrons. The Labute approximate surface area is 112 Å². The van der Waals surface area contributed by atoms with Gasteiger partial charge in [-0.2, -0.15) is 0 Å². The Balaban J connectivity index is 2.11. The molecule has 1 unspecified atom stereocenters. The van der Waals surface area contributed by atoms with Gasteiger partial charge in [0.05, 0.1) is 30.2 Å². The summed E-state index contributed by atoms with van der Waals surface area (Å²) in [4.78, 5) is 15.9. The predicted molar refractivity (Wildman–Crippen MR) is 73.8 cm³/mol. The average Bonchev–Trinajstić information content (AvgIpc) is 2.74. The zero-order valence-corrected chi connectivity index (χ0v) is 11.5. The van der Waals surface area contributed by atoms with Crippen LogP contribution in [0, 0.1) is 0 Å². The number of aromatic nitrogens is 2. The van der Waals surface area contributed by atoms with Gasteiger partial charge in [-0.1, -0.05) is 12.1 Å². The van der Waals surface area contributed by atoms with Crippen molar-refractivity contribution in [3.63, 3.8) is 0 Å². The lowest BCUT2D eigenvalue weighted by Gasteiger charge is -2.13. The van der Waals surface area contributed by atoms with Gasteiger partial charge in [0.25, 0.3) is 0 Å². The van der Waals surface area contributed by atoms with E-state index in [0.717, 1.165) is 16.9 Å². The highest BCUT2D eigenvalue weighted by atomic mass is 16.5. The maximum atomic E-state index is 11.3. The summed E-state index contributed by atoms with van der Waals surface area (Å²) in [5, 5.41) is 3.13. The molecule has 0 spiro atoms. The molecule has 5 nitrogen and oxygen atoms in total. The van der Waals surface area contributed by atoms with Crippen molar-refractivity contribution < 1.29 is 9.53 Å². The number of imidazole rings is 1. The number of rotatable bonds is 5. The third-order valence-electron chi connectivity index (χ3n) is 3.07. The molecule has 0 aliphatic rings. The molecule has 2 rings (SSSR count). The number of hydrogen-bond acceptors (Lipinski definition) is 4. The molecule has 1 aromatic carbocycles. The van der Waals surface area contributed by atoms with Crippen LogP contribution in [0.2, 0.25) is 0 Å². The first-order chi connectivity index (χ1) is 9.13. The summed E-state index contributed by atoms with van der Waals surface area (Å²) in [7, 11) is 1.98. The molecular formula is C14H19N3O2. The fourth-order valence-electron chi connectivity index (χ4n) is 2.09. The van der Waals surface area contributed by atoms with Crippen molar-refractivity contribution >= 4 is 17.0 Å². The second kappa shape index (κ2) is 5.84. The van der Waals surface area contributed by atoms with E-state index in [4.69, 9.17) is 4.74 Å². The lowest BCUT2D eigenvalue weighted by Crippen LogP contribution is -2.28. The largest absolute Gasteiger partial charge is 0.465 e. The van der Waals surface area contributed by atoms with E-state index in [1.54, 1.807) is 6.92 Å². The molecule has 0 aliphatic heterocycles. The first-order valence-corrected chi connectivity index (χ1v) is 6.43. The van der Waals surface area contributed by atoms with Gasteiger partial charge in [-0.25, -0.2) is 4.98 Å². The average molecular weight is 261 g/mol. The van der Waals surface area contributed by atoms with Crippen LogP contribution >= 0.6 is 0 Å². The number of esters is 1. The Kier molecular flexibility index (Phi) is 4.16. The molecule has 19 heavy (non-hydrogen) atoms. The van der Waals surface area contributed by atoms with Gasteiger partial charge in [0.2, 0.25) is 0 Å². The predicted octanol–water partition coefficient (Wildman–Crippen LogP) is 1.79. The fraction of sp³-hybridized carbons (Fsp3) is 0.429. The third-order valence-corrected chi connectivity index (χ3v) is 3.07. The second-order valence-electron chi connectivity index (χ2n) is 4.43. The number of carbonyl (C=O) groups is 1. The highest BCUT2D eigenvalue weighted by molar-refractivity contribution is 5.76. The van der Waals surface area contributed by atoms with Crippen molar-refractivity contribution in [3.8, 4) is 0 Å². The van der Waals surface area contributed by atoms with Gasteiger partial charge < -0.3 is 9.30 Å². The van der Waals surface area contributed by atoms with Crippen LogP contribution in [0.15, 0.2) is 24.3 Å². The molecule has 0 bridgehead atoms. The number of para-hydroxylation sites is 2. The number of nitrogens with zero attached hydrogens (tertiary/aromatic N) is 2. The summed E-state index contributed by atoms with van der Waals surface area (Å²) in [5.41, 5.74) is 2.05. The smallest absolute Gasteiger partial charge is 0.319 e. The van der Waals surface area contributed by atoms with Crippen molar-refractivity contribution in [3.05, 3.63) is 30.1 Å². The second-order valence-corrected chi connectivity index (χ2v) is 4.43. The molecule has 5 heteroatoms. The highest BCUT2D eigenvalue weighted by Crippen LogP contribution is 2.18. The van der Waals surface area contributed by atoms with E-state index in [1.165, 1.54) is 0 Å². The van der Waals surface area contributed by atoms with Gasteiger partial charge in [-0.15, -0.1) is 0 Å². The monoisotopic (exact) mass is 261 g/mol. The molecule has 1 heterocycles. The Morgan fingerprint density at radius 2 is 2.21 bits per heavy atom. The van der Waals surface area contributed by atoms with E-state index in [2.05, 4.69) is 10.3 Å². The number of aryl methyl sites for hydroxylation is 1. The lowest BCUT2D eigenvalue weighted by molar-refractivity contribution is -0.142. The van der Waals surface area contributed by atoms with Crippen LogP contribution in [0.25, 0.3) is 11.0 Å². The van der Waals surface area contributed by atoms with E-state index in [0.29, 0.717) is 6.61 Å². The third kappa shape index (κ3) is 2.93.